The number of halogens is 3. The molecule has 32 heavy (non-hydrogen) atoms. The lowest BCUT2D eigenvalue weighted by molar-refractivity contribution is -0.177. The molecule has 0 amide bonds. The topological polar surface area (TPSA) is 79.8 Å². The van der Waals surface area contributed by atoms with Gasteiger partial charge >= 0.3 is 6.18 Å². The number of furan rings is 1. The maximum atomic E-state index is 13.5. The van der Waals surface area contributed by atoms with Gasteiger partial charge in [-0.25, -0.2) is 0 Å². The third kappa shape index (κ3) is 5.93. The van der Waals surface area contributed by atoms with Gasteiger partial charge in [0, 0.05) is 44.0 Å². The molecule has 2 aliphatic rings. The number of piperidine rings is 1. The summed E-state index contributed by atoms with van der Waals surface area (Å²) in [7, 11) is 0. The van der Waals surface area contributed by atoms with Crippen molar-refractivity contribution in [3.05, 3.63) is 36.4 Å². The Balaban J connectivity index is 1.52. The zero-order chi connectivity index (χ0) is 22.6. The van der Waals surface area contributed by atoms with E-state index in [1.54, 1.807) is 23.2 Å². The molecule has 2 fully saturated rings. The smallest absolute Gasteiger partial charge is 0.393 e. The van der Waals surface area contributed by atoms with Gasteiger partial charge < -0.3 is 25.1 Å². The summed E-state index contributed by atoms with van der Waals surface area (Å²) in [5.41, 5.74) is 8.14. The number of morpholine rings is 1. The van der Waals surface area contributed by atoms with Gasteiger partial charge in [-0.05, 0) is 37.9 Å². The third-order valence-corrected chi connectivity index (χ3v) is 6.02. The van der Waals surface area contributed by atoms with Crippen LogP contribution in [0.4, 0.5) is 30.4 Å². The largest absolute Gasteiger partial charge is 0.449 e. The summed E-state index contributed by atoms with van der Waals surface area (Å²) in [6.45, 7) is 4.54. The van der Waals surface area contributed by atoms with Gasteiger partial charge in [0.2, 0.25) is 0 Å². The summed E-state index contributed by atoms with van der Waals surface area (Å²) in [6, 6.07) is 4.83. The van der Waals surface area contributed by atoms with Crippen LogP contribution in [0.25, 0.3) is 0 Å². The van der Waals surface area contributed by atoms with Crippen molar-refractivity contribution in [1.29, 1.82) is 0 Å². The van der Waals surface area contributed by atoms with E-state index in [-0.39, 0.29) is 13.0 Å². The molecular weight excluding hydrogens is 423 g/mol. The first-order valence-corrected chi connectivity index (χ1v) is 11.1. The average Bonchev–Trinajstić information content (AvgIpc) is 3.27. The summed E-state index contributed by atoms with van der Waals surface area (Å²) >= 11 is 0. The van der Waals surface area contributed by atoms with Crippen molar-refractivity contribution in [2.45, 2.75) is 31.5 Å². The SMILES string of the molecule is NC1CC(C(F)(F)F)CN(c2cc(CCCN3CCOCC3)ncc2Nc2ccco2)C1. The summed E-state index contributed by atoms with van der Waals surface area (Å²) in [5, 5.41) is 3.14. The van der Waals surface area contributed by atoms with E-state index in [1.165, 1.54) is 6.26 Å². The predicted octanol–water partition coefficient (Wildman–Crippen LogP) is 3.40. The van der Waals surface area contributed by atoms with Crippen LogP contribution in [0.3, 0.4) is 0 Å². The Hall–Kier alpha value is -2.30. The molecule has 0 radical (unpaired) electrons. The normalized spacial score (nSPS) is 22.8. The minimum atomic E-state index is -4.28. The molecule has 2 unspecified atom stereocenters. The molecule has 2 saturated heterocycles. The van der Waals surface area contributed by atoms with Crippen LogP contribution >= 0.6 is 0 Å². The van der Waals surface area contributed by atoms with E-state index in [1.807, 2.05) is 6.07 Å². The Labute approximate surface area is 185 Å². The van der Waals surface area contributed by atoms with Crippen LogP contribution in [0.1, 0.15) is 18.5 Å². The Morgan fingerprint density at radius 3 is 2.75 bits per heavy atom. The Morgan fingerprint density at radius 1 is 1.22 bits per heavy atom. The van der Waals surface area contributed by atoms with Crippen molar-refractivity contribution in [2.24, 2.45) is 11.7 Å². The van der Waals surface area contributed by atoms with Gasteiger partial charge in [0.1, 0.15) is 0 Å². The highest BCUT2D eigenvalue weighted by Crippen LogP contribution is 2.37. The first kappa shape index (κ1) is 22.9. The van der Waals surface area contributed by atoms with Crippen molar-refractivity contribution in [3.8, 4) is 0 Å². The highest BCUT2D eigenvalue weighted by molar-refractivity contribution is 5.73. The van der Waals surface area contributed by atoms with E-state index in [4.69, 9.17) is 14.9 Å². The van der Waals surface area contributed by atoms with Crippen molar-refractivity contribution < 1.29 is 22.3 Å². The Kier molecular flexibility index (Phi) is 7.22. The maximum absolute atomic E-state index is 13.5. The zero-order valence-corrected chi connectivity index (χ0v) is 18.0. The molecule has 7 nitrogen and oxygen atoms in total. The predicted molar refractivity (Wildman–Crippen MR) is 116 cm³/mol. The van der Waals surface area contributed by atoms with E-state index >= 15 is 0 Å². The molecule has 2 aromatic rings. The number of aryl methyl sites for hydroxylation is 1. The summed E-state index contributed by atoms with van der Waals surface area (Å²) in [4.78, 5) is 8.64. The molecule has 4 rings (SSSR count). The number of ether oxygens (including phenoxy) is 1. The molecule has 0 saturated carbocycles. The number of aromatic nitrogens is 1. The van der Waals surface area contributed by atoms with Crippen molar-refractivity contribution in [2.75, 3.05) is 56.2 Å². The highest BCUT2D eigenvalue weighted by Gasteiger charge is 2.44. The first-order valence-electron chi connectivity index (χ1n) is 11.1. The van der Waals surface area contributed by atoms with E-state index in [9.17, 15) is 13.2 Å². The molecule has 0 bridgehead atoms. The number of rotatable bonds is 7. The van der Waals surface area contributed by atoms with Gasteiger partial charge in [0.05, 0.1) is 43.0 Å². The van der Waals surface area contributed by atoms with Crippen LogP contribution < -0.4 is 16.0 Å². The van der Waals surface area contributed by atoms with Gasteiger partial charge in [-0.15, -0.1) is 0 Å². The Bertz CT molecular complexity index is 856. The van der Waals surface area contributed by atoms with Gasteiger partial charge in [0.15, 0.2) is 5.88 Å². The van der Waals surface area contributed by atoms with Gasteiger partial charge in [-0.1, -0.05) is 0 Å². The molecule has 0 spiro atoms. The number of hydrogen-bond acceptors (Lipinski definition) is 7. The summed E-state index contributed by atoms with van der Waals surface area (Å²) < 4.78 is 51.2. The average molecular weight is 454 g/mol. The van der Waals surface area contributed by atoms with Crippen LogP contribution in [-0.2, 0) is 11.2 Å². The first-order chi connectivity index (χ1) is 15.4. The minimum absolute atomic E-state index is 0.0571. The molecule has 176 valence electrons. The maximum Gasteiger partial charge on any atom is 0.393 e. The summed E-state index contributed by atoms with van der Waals surface area (Å²) in [6.07, 6.45) is 0.532. The fraction of sp³-hybridized carbons (Fsp3) is 0.591. The molecule has 2 aromatic heterocycles. The lowest BCUT2D eigenvalue weighted by Crippen LogP contribution is -2.51. The van der Waals surface area contributed by atoms with E-state index in [0.717, 1.165) is 51.4 Å². The van der Waals surface area contributed by atoms with Crippen molar-refractivity contribution >= 4 is 17.3 Å². The molecule has 0 aliphatic carbocycles. The number of anilines is 3. The number of pyridine rings is 1. The molecule has 0 aromatic carbocycles. The fourth-order valence-corrected chi connectivity index (χ4v) is 4.34. The molecule has 10 heteroatoms. The van der Waals surface area contributed by atoms with Gasteiger partial charge in [-0.3, -0.25) is 9.88 Å². The van der Waals surface area contributed by atoms with Crippen LogP contribution in [0, 0.1) is 5.92 Å². The van der Waals surface area contributed by atoms with E-state index < -0.39 is 18.1 Å². The van der Waals surface area contributed by atoms with E-state index in [0.29, 0.717) is 23.8 Å². The van der Waals surface area contributed by atoms with Crippen LogP contribution in [0.2, 0.25) is 0 Å². The number of nitrogens with zero attached hydrogens (tertiary/aromatic N) is 3. The van der Waals surface area contributed by atoms with Crippen LogP contribution in [0.5, 0.6) is 0 Å². The second-order valence-corrected chi connectivity index (χ2v) is 8.49. The summed E-state index contributed by atoms with van der Waals surface area (Å²) in [5.74, 6) is -0.956. The lowest BCUT2D eigenvalue weighted by atomic mass is 9.93. The zero-order valence-electron chi connectivity index (χ0n) is 18.0. The monoisotopic (exact) mass is 453 g/mol. The molecule has 2 atom stereocenters. The second-order valence-electron chi connectivity index (χ2n) is 8.49. The number of nitrogens with one attached hydrogen (secondary N) is 1. The molecule has 2 aliphatic heterocycles. The number of nitrogens with two attached hydrogens (primary N) is 1. The van der Waals surface area contributed by atoms with Crippen molar-refractivity contribution in [1.82, 2.24) is 9.88 Å². The quantitative estimate of drug-likeness (QED) is 0.665. The number of hydrogen-bond donors (Lipinski definition) is 2. The van der Waals surface area contributed by atoms with Gasteiger partial charge in [0.25, 0.3) is 0 Å². The fourth-order valence-electron chi connectivity index (χ4n) is 4.34. The van der Waals surface area contributed by atoms with Crippen LogP contribution in [-0.4, -0.2) is 68.0 Å². The highest BCUT2D eigenvalue weighted by atomic mass is 19.4. The second kappa shape index (κ2) is 10.1. The van der Waals surface area contributed by atoms with Crippen LogP contribution in [0.15, 0.2) is 35.1 Å². The molecule has 3 N–H and O–H groups in total. The molecule has 4 heterocycles. The Morgan fingerprint density at radius 2 is 2.03 bits per heavy atom. The molecular formula is C22H30F3N5O2. The minimum Gasteiger partial charge on any atom is -0.449 e. The van der Waals surface area contributed by atoms with E-state index in [2.05, 4.69) is 15.2 Å². The van der Waals surface area contributed by atoms with Crippen molar-refractivity contribution in [3.63, 3.8) is 0 Å². The third-order valence-electron chi connectivity index (χ3n) is 6.02. The number of alkyl halides is 3. The lowest BCUT2D eigenvalue weighted by Gasteiger charge is -2.39. The standard InChI is InChI=1S/C22H30F3N5O2/c23-22(24,25)16-11-17(26)15-30(14-16)20-12-18(3-1-5-29-6-9-31-10-7-29)27-13-19(20)28-21-4-2-8-32-21/h2,4,8,12-13,16-17,28H,1,3,5-7,9-11,14-15,26H2. The van der Waals surface area contributed by atoms with Gasteiger partial charge in [-0.2, -0.15) is 13.2 Å².